The molecule has 0 saturated carbocycles. The molecule has 0 amide bonds. The lowest BCUT2D eigenvalue weighted by atomic mass is 10.3. The van der Waals surface area contributed by atoms with Gasteiger partial charge in [0.15, 0.2) is 0 Å². The highest BCUT2D eigenvalue weighted by Crippen LogP contribution is 2.32. The highest BCUT2D eigenvalue weighted by atomic mass is 35.5. The van der Waals surface area contributed by atoms with Gasteiger partial charge in [0, 0.05) is 6.07 Å². The molecule has 3 nitrogen and oxygen atoms in total. The monoisotopic (exact) mass is 221 g/mol. The Bertz CT molecular complexity index is 304. The molecule has 5 heteroatoms. The Kier molecular flexibility index (Phi) is 3.66. The van der Waals surface area contributed by atoms with Gasteiger partial charge >= 0.3 is 0 Å². The van der Waals surface area contributed by atoms with Crippen LogP contribution in [-0.2, 0) is 0 Å². The number of ether oxygens (including phenoxy) is 1. The van der Waals surface area contributed by atoms with Crippen molar-refractivity contribution in [3.05, 3.63) is 22.2 Å². The molecule has 0 heterocycles. The number of halogens is 2. The van der Waals surface area contributed by atoms with Crippen molar-refractivity contribution >= 4 is 28.9 Å². The van der Waals surface area contributed by atoms with E-state index in [1.54, 1.807) is 0 Å². The van der Waals surface area contributed by atoms with Gasteiger partial charge in [-0.25, -0.2) is 0 Å². The second-order valence-electron chi connectivity index (χ2n) is 2.38. The van der Waals surface area contributed by atoms with E-state index < -0.39 is 0 Å². The number of hydrogen-bond acceptors (Lipinski definition) is 3. The first kappa shape index (κ1) is 10.4. The Labute approximate surface area is 86.0 Å². The summed E-state index contributed by atoms with van der Waals surface area (Å²) >= 11 is 11.5. The number of aliphatic hydroxyl groups excluding tert-OH is 1. The van der Waals surface area contributed by atoms with Gasteiger partial charge in [-0.15, -0.1) is 0 Å². The smallest absolute Gasteiger partial charge is 0.139 e. The lowest BCUT2D eigenvalue weighted by molar-refractivity contribution is 0.201. The second kappa shape index (κ2) is 4.56. The van der Waals surface area contributed by atoms with Gasteiger partial charge in [0.1, 0.15) is 12.4 Å². The van der Waals surface area contributed by atoms with Crippen molar-refractivity contribution in [3.8, 4) is 5.75 Å². The molecule has 0 atom stereocenters. The maximum Gasteiger partial charge on any atom is 0.139 e. The minimum absolute atomic E-state index is 0.0711. The molecular weight excluding hydrogens is 213 g/mol. The van der Waals surface area contributed by atoms with Gasteiger partial charge in [-0.3, -0.25) is 0 Å². The summed E-state index contributed by atoms with van der Waals surface area (Å²) in [7, 11) is 0. The Morgan fingerprint density at radius 1 is 1.31 bits per heavy atom. The largest absolute Gasteiger partial charge is 0.490 e. The highest BCUT2D eigenvalue weighted by Gasteiger charge is 2.05. The molecular formula is C8H9Cl2NO2. The molecule has 0 aliphatic rings. The van der Waals surface area contributed by atoms with Gasteiger partial charge in [0.05, 0.1) is 22.3 Å². The number of nitrogen functional groups attached to an aromatic ring is 1. The Hall–Kier alpha value is -0.640. The number of aliphatic hydroxyl groups is 1. The van der Waals surface area contributed by atoms with Crippen molar-refractivity contribution in [1.29, 1.82) is 0 Å². The average molecular weight is 222 g/mol. The maximum absolute atomic E-state index is 8.52. The van der Waals surface area contributed by atoms with Gasteiger partial charge in [-0.05, 0) is 6.07 Å². The van der Waals surface area contributed by atoms with Crippen molar-refractivity contribution in [2.75, 3.05) is 18.9 Å². The van der Waals surface area contributed by atoms with Crippen molar-refractivity contribution in [2.24, 2.45) is 0 Å². The number of hydrogen-bond donors (Lipinski definition) is 2. The quantitative estimate of drug-likeness (QED) is 0.768. The molecule has 0 aromatic heterocycles. The van der Waals surface area contributed by atoms with E-state index in [1.807, 2.05) is 0 Å². The third-order valence-corrected chi connectivity index (χ3v) is 2.02. The summed E-state index contributed by atoms with van der Waals surface area (Å²) in [5, 5.41) is 9.29. The normalized spacial score (nSPS) is 10.1. The SMILES string of the molecule is Nc1cc(Cl)c(OCCO)cc1Cl. The fraction of sp³-hybridized carbons (Fsp3) is 0.250. The predicted octanol–water partition coefficient (Wildman–Crippen LogP) is 1.95. The molecule has 1 aromatic carbocycles. The van der Waals surface area contributed by atoms with Crippen LogP contribution in [-0.4, -0.2) is 18.3 Å². The summed E-state index contributed by atoms with van der Waals surface area (Å²) in [6.45, 7) is 0.109. The molecule has 1 rings (SSSR count). The standard InChI is InChI=1S/C8H9Cl2NO2/c9-5-4-8(13-2-1-12)6(10)3-7(5)11/h3-4,12H,1-2,11H2. The molecule has 0 radical (unpaired) electrons. The third-order valence-electron chi connectivity index (χ3n) is 1.40. The first-order valence-electron chi connectivity index (χ1n) is 3.63. The summed E-state index contributed by atoms with van der Waals surface area (Å²) in [6.07, 6.45) is 0. The van der Waals surface area contributed by atoms with Crippen LogP contribution in [0.4, 0.5) is 5.69 Å². The number of rotatable bonds is 3. The van der Waals surface area contributed by atoms with Crippen molar-refractivity contribution in [1.82, 2.24) is 0 Å². The van der Waals surface area contributed by atoms with Crippen LogP contribution in [0, 0.1) is 0 Å². The fourth-order valence-corrected chi connectivity index (χ4v) is 1.19. The summed E-state index contributed by atoms with van der Waals surface area (Å²) in [5.41, 5.74) is 5.90. The Balaban J connectivity index is 2.88. The summed E-state index contributed by atoms with van der Waals surface area (Å²) in [5.74, 6) is 0.426. The average Bonchev–Trinajstić information content (AvgIpc) is 2.09. The molecule has 13 heavy (non-hydrogen) atoms. The van der Waals surface area contributed by atoms with Crippen molar-refractivity contribution in [3.63, 3.8) is 0 Å². The lowest BCUT2D eigenvalue weighted by Crippen LogP contribution is -2.02. The molecule has 1 aromatic rings. The molecule has 3 N–H and O–H groups in total. The zero-order valence-corrected chi connectivity index (χ0v) is 8.27. The van der Waals surface area contributed by atoms with Gasteiger partial charge in [0.25, 0.3) is 0 Å². The molecule has 0 spiro atoms. The topological polar surface area (TPSA) is 55.5 Å². The zero-order valence-electron chi connectivity index (χ0n) is 6.76. The van der Waals surface area contributed by atoms with Gasteiger partial charge in [-0.1, -0.05) is 23.2 Å². The number of anilines is 1. The molecule has 0 fully saturated rings. The van der Waals surface area contributed by atoms with E-state index in [4.69, 9.17) is 38.8 Å². The first-order chi connectivity index (χ1) is 6.15. The third kappa shape index (κ3) is 2.66. The van der Waals surface area contributed by atoms with Crippen LogP contribution in [0.5, 0.6) is 5.75 Å². The van der Waals surface area contributed by atoms with Gasteiger partial charge < -0.3 is 15.6 Å². The number of benzene rings is 1. The van der Waals surface area contributed by atoms with E-state index >= 15 is 0 Å². The lowest BCUT2D eigenvalue weighted by Gasteiger charge is -2.07. The molecule has 0 saturated heterocycles. The molecule has 0 unspecified atom stereocenters. The van der Waals surface area contributed by atoms with Crippen LogP contribution in [0.1, 0.15) is 0 Å². The van der Waals surface area contributed by atoms with Crippen molar-refractivity contribution in [2.45, 2.75) is 0 Å². The predicted molar refractivity (Wildman–Crippen MR) is 53.5 cm³/mol. The Morgan fingerprint density at radius 3 is 2.62 bits per heavy atom. The van der Waals surface area contributed by atoms with E-state index in [2.05, 4.69) is 0 Å². The Morgan fingerprint density at radius 2 is 2.00 bits per heavy atom. The van der Waals surface area contributed by atoms with Crippen LogP contribution in [0.3, 0.4) is 0 Å². The maximum atomic E-state index is 8.52. The van der Waals surface area contributed by atoms with Crippen LogP contribution in [0.25, 0.3) is 0 Å². The summed E-state index contributed by atoms with van der Waals surface area (Å²) < 4.78 is 5.10. The molecule has 0 aliphatic heterocycles. The minimum atomic E-state index is -0.0711. The van der Waals surface area contributed by atoms with Gasteiger partial charge in [0.2, 0.25) is 0 Å². The van der Waals surface area contributed by atoms with E-state index in [9.17, 15) is 0 Å². The fourth-order valence-electron chi connectivity index (χ4n) is 0.810. The van der Waals surface area contributed by atoms with E-state index in [0.717, 1.165) is 0 Å². The highest BCUT2D eigenvalue weighted by molar-refractivity contribution is 6.36. The van der Waals surface area contributed by atoms with Crippen LogP contribution in [0.2, 0.25) is 10.0 Å². The first-order valence-corrected chi connectivity index (χ1v) is 4.39. The van der Waals surface area contributed by atoms with Crippen LogP contribution >= 0.6 is 23.2 Å². The molecule has 0 aliphatic carbocycles. The summed E-state index contributed by atoms with van der Waals surface area (Å²) in [6, 6.07) is 3.03. The summed E-state index contributed by atoms with van der Waals surface area (Å²) in [4.78, 5) is 0. The minimum Gasteiger partial charge on any atom is -0.490 e. The molecule has 0 bridgehead atoms. The second-order valence-corrected chi connectivity index (χ2v) is 3.19. The van der Waals surface area contributed by atoms with Crippen LogP contribution < -0.4 is 10.5 Å². The molecule has 72 valence electrons. The van der Waals surface area contributed by atoms with Crippen LogP contribution in [0.15, 0.2) is 12.1 Å². The van der Waals surface area contributed by atoms with Crippen molar-refractivity contribution < 1.29 is 9.84 Å². The van der Waals surface area contributed by atoms with Gasteiger partial charge in [-0.2, -0.15) is 0 Å². The van der Waals surface area contributed by atoms with E-state index in [0.29, 0.717) is 21.5 Å². The zero-order chi connectivity index (χ0) is 9.84. The number of nitrogens with two attached hydrogens (primary N) is 1. The van der Waals surface area contributed by atoms with E-state index in [1.165, 1.54) is 12.1 Å². The van der Waals surface area contributed by atoms with E-state index in [-0.39, 0.29) is 13.2 Å².